The Balaban J connectivity index is 2.09. The van der Waals surface area contributed by atoms with Crippen molar-refractivity contribution < 1.29 is 9.59 Å². The van der Waals surface area contributed by atoms with E-state index >= 15 is 0 Å². The van der Waals surface area contributed by atoms with E-state index in [-0.39, 0.29) is 17.0 Å². The van der Waals surface area contributed by atoms with Crippen molar-refractivity contribution in [2.24, 2.45) is 7.05 Å². The first-order valence-electron chi connectivity index (χ1n) is 5.83. The van der Waals surface area contributed by atoms with Crippen molar-refractivity contribution in [2.45, 2.75) is 18.9 Å². The van der Waals surface area contributed by atoms with Crippen molar-refractivity contribution in [3.05, 3.63) is 34.2 Å². The molecule has 18 heavy (non-hydrogen) atoms. The summed E-state index contributed by atoms with van der Waals surface area (Å²) in [5.74, 6) is -0.562. The van der Waals surface area contributed by atoms with Crippen molar-refractivity contribution in [2.75, 3.05) is 6.54 Å². The van der Waals surface area contributed by atoms with Crippen molar-refractivity contribution in [1.82, 2.24) is 15.2 Å². The fourth-order valence-electron chi connectivity index (χ4n) is 1.84. The normalized spacial score (nSPS) is 19.2. The largest absolute Gasteiger partial charge is 0.354 e. The van der Waals surface area contributed by atoms with Gasteiger partial charge in [0.05, 0.1) is 0 Å². The van der Waals surface area contributed by atoms with Gasteiger partial charge in [0.2, 0.25) is 5.91 Å². The first-order chi connectivity index (χ1) is 8.58. The van der Waals surface area contributed by atoms with Crippen LogP contribution in [0.5, 0.6) is 0 Å². The highest BCUT2D eigenvalue weighted by Gasteiger charge is 2.23. The Labute approximate surface area is 104 Å². The number of rotatable bonds is 2. The van der Waals surface area contributed by atoms with Gasteiger partial charge in [-0.3, -0.25) is 14.4 Å². The first-order valence-corrected chi connectivity index (χ1v) is 5.83. The van der Waals surface area contributed by atoms with Crippen LogP contribution in [0.4, 0.5) is 0 Å². The molecule has 6 nitrogen and oxygen atoms in total. The minimum absolute atomic E-state index is 0.168. The highest BCUT2D eigenvalue weighted by Crippen LogP contribution is 2.04. The summed E-state index contributed by atoms with van der Waals surface area (Å²) in [4.78, 5) is 34.8. The van der Waals surface area contributed by atoms with Gasteiger partial charge in [0.15, 0.2) is 0 Å². The molecule has 0 bridgehead atoms. The molecule has 0 aromatic carbocycles. The number of piperidine rings is 1. The molecule has 2 amide bonds. The summed E-state index contributed by atoms with van der Waals surface area (Å²) < 4.78 is 1.38. The molecule has 0 aliphatic carbocycles. The van der Waals surface area contributed by atoms with Gasteiger partial charge in [-0.1, -0.05) is 0 Å². The maximum absolute atomic E-state index is 11.9. The number of aromatic nitrogens is 1. The van der Waals surface area contributed by atoms with Gasteiger partial charge in [0.25, 0.3) is 11.5 Å². The van der Waals surface area contributed by atoms with Crippen molar-refractivity contribution in [1.29, 1.82) is 0 Å². The van der Waals surface area contributed by atoms with Gasteiger partial charge in [0.1, 0.15) is 6.04 Å². The van der Waals surface area contributed by atoms with Gasteiger partial charge >= 0.3 is 0 Å². The number of nitrogens with zero attached hydrogens (tertiary/aromatic N) is 1. The molecule has 0 spiro atoms. The second-order valence-electron chi connectivity index (χ2n) is 4.32. The van der Waals surface area contributed by atoms with Gasteiger partial charge < -0.3 is 15.2 Å². The van der Waals surface area contributed by atoms with E-state index in [0.717, 1.165) is 6.42 Å². The standard InChI is InChI=1S/C12H15N3O3/c1-15-6-4-8(7-10(15)16)11(17)14-9-3-2-5-13-12(9)18/h4,6-7,9H,2-3,5H2,1H3,(H,13,18)(H,14,17). The lowest BCUT2D eigenvalue weighted by Crippen LogP contribution is -2.50. The van der Waals surface area contributed by atoms with E-state index in [1.807, 2.05) is 0 Å². The van der Waals surface area contributed by atoms with Gasteiger partial charge in [-0.15, -0.1) is 0 Å². The van der Waals surface area contributed by atoms with Crippen LogP contribution in [0.2, 0.25) is 0 Å². The molecule has 6 heteroatoms. The van der Waals surface area contributed by atoms with Crippen LogP contribution in [0.15, 0.2) is 23.1 Å². The molecule has 1 aromatic heterocycles. The van der Waals surface area contributed by atoms with Crippen LogP contribution in [0, 0.1) is 0 Å². The maximum atomic E-state index is 11.9. The molecule has 96 valence electrons. The van der Waals surface area contributed by atoms with Crippen LogP contribution >= 0.6 is 0 Å². The summed E-state index contributed by atoms with van der Waals surface area (Å²) in [5, 5.41) is 5.32. The molecular formula is C12H15N3O3. The lowest BCUT2D eigenvalue weighted by Gasteiger charge is -2.22. The topological polar surface area (TPSA) is 80.2 Å². The fourth-order valence-corrected chi connectivity index (χ4v) is 1.84. The quantitative estimate of drug-likeness (QED) is 0.734. The van der Waals surface area contributed by atoms with Crippen molar-refractivity contribution in [3.63, 3.8) is 0 Å². The molecule has 1 unspecified atom stereocenters. The SMILES string of the molecule is Cn1ccc(C(=O)NC2CCCNC2=O)cc1=O. The molecule has 1 fully saturated rings. The predicted molar refractivity (Wildman–Crippen MR) is 65.2 cm³/mol. The van der Waals surface area contributed by atoms with Crippen molar-refractivity contribution in [3.8, 4) is 0 Å². The Hall–Kier alpha value is -2.11. The number of amides is 2. The molecule has 2 rings (SSSR count). The minimum Gasteiger partial charge on any atom is -0.354 e. The van der Waals surface area contributed by atoms with Gasteiger partial charge in [-0.25, -0.2) is 0 Å². The zero-order valence-corrected chi connectivity index (χ0v) is 10.1. The zero-order chi connectivity index (χ0) is 13.1. The molecule has 1 atom stereocenters. The molecule has 0 saturated carbocycles. The van der Waals surface area contributed by atoms with Crippen LogP contribution in [0.1, 0.15) is 23.2 Å². The molecule has 0 radical (unpaired) electrons. The average molecular weight is 249 g/mol. The zero-order valence-electron chi connectivity index (χ0n) is 10.1. The van der Waals surface area contributed by atoms with E-state index in [1.165, 1.54) is 16.8 Å². The van der Waals surface area contributed by atoms with Crippen LogP contribution in [0.3, 0.4) is 0 Å². The van der Waals surface area contributed by atoms with Crippen LogP contribution < -0.4 is 16.2 Å². The second kappa shape index (κ2) is 5.03. The number of aryl methyl sites for hydroxylation is 1. The number of carbonyl (C=O) groups excluding carboxylic acids is 2. The molecule has 1 aliphatic rings. The van der Waals surface area contributed by atoms with E-state index in [2.05, 4.69) is 10.6 Å². The third-order valence-corrected chi connectivity index (χ3v) is 2.96. The first kappa shape index (κ1) is 12.3. The highest BCUT2D eigenvalue weighted by molar-refractivity contribution is 5.97. The second-order valence-corrected chi connectivity index (χ2v) is 4.32. The molecule has 1 aromatic rings. The summed E-state index contributed by atoms with van der Waals surface area (Å²) in [6.07, 6.45) is 2.99. The smallest absolute Gasteiger partial charge is 0.252 e. The van der Waals surface area contributed by atoms with Crippen LogP contribution in [-0.4, -0.2) is 29.0 Å². The third-order valence-electron chi connectivity index (χ3n) is 2.96. The monoisotopic (exact) mass is 249 g/mol. The summed E-state index contributed by atoms with van der Waals surface area (Å²) in [7, 11) is 1.61. The Kier molecular flexibility index (Phi) is 3.45. The summed E-state index contributed by atoms with van der Waals surface area (Å²) >= 11 is 0. The van der Waals surface area contributed by atoms with E-state index < -0.39 is 11.9 Å². The van der Waals surface area contributed by atoms with Crippen LogP contribution in [-0.2, 0) is 11.8 Å². The summed E-state index contributed by atoms with van der Waals surface area (Å²) in [6, 6.07) is 2.31. The molecular weight excluding hydrogens is 234 g/mol. The molecule has 2 N–H and O–H groups in total. The molecule has 1 saturated heterocycles. The summed E-state index contributed by atoms with van der Waals surface area (Å²) in [6.45, 7) is 0.650. The van der Waals surface area contributed by atoms with Gasteiger partial charge in [-0.05, 0) is 18.9 Å². The maximum Gasteiger partial charge on any atom is 0.252 e. The van der Waals surface area contributed by atoms with E-state index in [1.54, 1.807) is 13.1 Å². The van der Waals surface area contributed by atoms with Gasteiger partial charge in [0, 0.05) is 31.4 Å². The number of pyridine rings is 1. The molecule has 2 heterocycles. The van der Waals surface area contributed by atoms with E-state index in [4.69, 9.17) is 0 Å². The van der Waals surface area contributed by atoms with Gasteiger partial charge in [-0.2, -0.15) is 0 Å². The number of hydrogen-bond acceptors (Lipinski definition) is 3. The minimum atomic E-state index is -0.504. The lowest BCUT2D eigenvalue weighted by molar-refractivity contribution is -0.124. The Morgan fingerprint density at radius 1 is 1.50 bits per heavy atom. The van der Waals surface area contributed by atoms with E-state index in [9.17, 15) is 14.4 Å². The van der Waals surface area contributed by atoms with E-state index in [0.29, 0.717) is 13.0 Å². The highest BCUT2D eigenvalue weighted by atomic mass is 16.2. The number of carbonyl (C=O) groups is 2. The Morgan fingerprint density at radius 3 is 2.94 bits per heavy atom. The third kappa shape index (κ3) is 2.58. The summed E-state index contributed by atoms with van der Waals surface area (Å²) in [5.41, 5.74) is 0.0206. The van der Waals surface area contributed by atoms with Crippen molar-refractivity contribution >= 4 is 11.8 Å². The number of hydrogen-bond donors (Lipinski definition) is 2. The fraction of sp³-hybridized carbons (Fsp3) is 0.417. The molecule has 1 aliphatic heterocycles. The Bertz CT molecular complexity index is 536. The Morgan fingerprint density at radius 2 is 2.28 bits per heavy atom. The lowest BCUT2D eigenvalue weighted by atomic mass is 10.1. The number of nitrogens with one attached hydrogen (secondary N) is 2. The predicted octanol–water partition coefficient (Wildman–Crippen LogP) is -0.606. The average Bonchev–Trinajstić information content (AvgIpc) is 2.35. The van der Waals surface area contributed by atoms with Crippen LogP contribution in [0.25, 0.3) is 0 Å².